The summed E-state index contributed by atoms with van der Waals surface area (Å²) in [5, 5.41) is 2.91. The predicted octanol–water partition coefficient (Wildman–Crippen LogP) is 1.75. The van der Waals surface area contributed by atoms with E-state index in [1.807, 2.05) is 18.7 Å². The van der Waals surface area contributed by atoms with Crippen molar-refractivity contribution in [2.24, 2.45) is 0 Å². The van der Waals surface area contributed by atoms with E-state index in [0.29, 0.717) is 25.6 Å². The van der Waals surface area contributed by atoms with Gasteiger partial charge in [0.1, 0.15) is 5.82 Å². The molecule has 0 spiro atoms. The van der Waals surface area contributed by atoms with Gasteiger partial charge in [0.05, 0.1) is 12.1 Å². The molecule has 2 heterocycles. The summed E-state index contributed by atoms with van der Waals surface area (Å²) in [6.45, 7) is 4.50. The van der Waals surface area contributed by atoms with Crippen LogP contribution in [0.25, 0.3) is 0 Å². The van der Waals surface area contributed by atoms with Crippen LogP contribution in [-0.4, -0.2) is 59.6 Å². The van der Waals surface area contributed by atoms with E-state index in [2.05, 4.69) is 5.32 Å². The lowest BCUT2D eigenvalue weighted by atomic mass is 9.99. The molecule has 3 rings (SSSR count). The minimum atomic E-state index is -0.845. The van der Waals surface area contributed by atoms with E-state index < -0.39 is 11.6 Å². The van der Waals surface area contributed by atoms with Crippen molar-refractivity contribution < 1.29 is 23.1 Å². The van der Waals surface area contributed by atoms with Crippen LogP contribution >= 0.6 is 0 Å². The van der Waals surface area contributed by atoms with Gasteiger partial charge in [-0.15, -0.1) is 0 Å². The first-order valence-corrected chi connectivity index (χ1v) is 8.31. The van der Waals surface area contributed by atoms with Gasteiger partial charge in [0, 0.05) is 25.2 Å². The fraction of sp³-hybridized carbons (Fsp3) is 0.529. The van der Waals surface area contributed by atoms with E-state index >= 15 is 0 Å². The zero-order valence-corrected chi connectivity index (χ0v) is 14.2. The van der Waals surface area contributed by atoms with Crippen LogP contribution in [0.3, 0.4) is 0 Å². The quantitative estimate of drug-likeness (QED) is 0.897. The van der Waals surface area contributed by atoms with Crippen molar-refractivity contribution in [2.75, 3.05) is 19.7 Å². The fourth-order valence-electron chi connectivity index (χ4n) is 3.47. The summed E-state index contributed by atoms with van der Waals surface area (Å²) in [7, 11) is 0. The molecule has 0 unspecified atom stereocenters. The number of ether oxygens (including phenoxy) is 1. The highest BCUT2D eigenvalue weighted by atomic mass is 19.1. The van der Waals surface area contributed by atoms with Crippen molar-refractivity contribution in [2.45, 2.75) is 38.4 Å². The topological polar surface area (TPSA) is 61.9 Å². The Kier molecular flexibility index (Phi) is 4.78. The van der Waals surface area contributed by atoms with Crippen LogP contribution < -0.4 is 10.1 Å². The summed E-state index contributed by atoms with van der Waals surface area (Å²) in [5.41, 5.74) is 0. The number of halogens is 2. The van der Waals surface area contributed by atoms with Gasteiger partial charge in [-0.25, -0.2) is 13.6 Å². The van der Waals surface area contributed by atoms with Crippen molar-refractivity contribution in [3.05, 3.63) is 29.8 Å². The fourth-order valence-corrected chi connectivity index (χ4v) is 3.47. The standard InChI is InChI=1S/C17H21F2N3O3/c1-10(2)22-14-5-6-21(8-13(14)20-17(22)24)16(23)9-25-15-4-3-11(18)7-12(15)19/h3-4,7,10,13-14H,5-6,8-9H2,1-2H3,(H,20,24)/t13-,14+/m1/s1. The molecule has 136 valence electrons. The van der Waals surface area contributed by atoms with Crippen molar-refractivity contribution in [3.63, 3.8) is 0 Å². The van der Waals surface area contributed by atoms with Gasteiger partial charge < -0.3 is 19.9 Å². The van der Waals surface area contributed by atoms with Gasteiger partial charge in [0.15, 0.2) is 18.2 Å². The molecule has 0 saturated carbocycles. The third kappa shape index (κ3) is 3.52. The molecule has 2 saturated heterocycles. The number of piperidine rings is 1. The molecule has 8 heteroatoms. The molecular weight excluding hydrogens is 332 g/mol. The molecule has 1 N–H and O–H groups in total. The summed E-state index contributed by atoms with van der Waals surface area (Å²) >= 11 is 0. The molecule has 3 amide bonds. The third-order valence-electron chi connectivity index (χ3n) is 4.63. The Hall–Kier alpha value is -2.38. The lowest BCUT2D eigenvalue weighted by molar-refractivity contribution is -0.135. The van der Waals surface area contributed by atoms with Crippen LogP contribution in [0.2, 0.25) is 0 Å². The molecule has 2 aliphatic heterocycles. The Balaban J connectivity index is 1.57. The molecule has 2 atom stereocenters. The first kappa shape index (κ1) is 17.4. The van der Waals surface area contributed by atoms with E-state index in [9.17, 15) is 18.4 Å². The highest BCUT2D eigenvalue weighted by molar-refractivity contribution is 5.80. The largest absolute Gasteiger partial charge is 0.481 e. The SMILES string of the molecule is CC(C)N1C(=O)N[C@@H]2CN(C(=O)COc3ccc(F)cc3F)CC[C@@H]21. The van der Waals surface area contributed by atoms with Crippen LogP contribution in [0.5, 0.6) is 5.75 Å². The molecule has 0 aromatic heterocycles. The normalized spacial score (nSPS) is 22.8. The number of carbonyl (C=O) groups is 2. The molecule has 0 aliphatic carbocycles. The number of nitrogens with zero attached hydrogens (tertiary/aromatic N) is 2. The molecule has 2 fully saturated rings. The Bertz CT molecular complexity index is 683. The smallest absolute Gasteiger partial charge is 0.318 e. The van der Waals surface area contributed by atoms with E-state index in [1.165, 1.54) is 0 Å². The Morgan fingerprint density at radius 1 is 1.40 bits per heavy atom. The summed E-state index contributed by atoms with van der Waals surface area (Å²) in [4.78, 5) is 27.8. The van der Waals surface area contributed by atoms with Crippen LogP contribution in [0.1, 0.15) is 20.3 Å². The number of hydrogen-bond donors (Lipinski definition) is 1. The van der Waals surface area contributed by atoms with Crippen molar-refractivity contribution in [3.8, 4) is 5.75 Å². The number of hydrogen-bond acceptors (Lipinski definition) is 3. The number of fused-ring (bicyclic) bond motifs is 1. The second kappa shape index (κ2) is 6.85. The molecular formula is C17H21F2N3O3. The zero-order valence-electron chi connectivity index (χ0n) is 14.2. The van der Waals surface area contributed by atoms with Gasteiger partial charge in [-0.3, -0.25) is 4.79 Å². The number of rotatable bonds is 4. The molecule has 6 nitrogen and oxygen atoms in total. The summed E-state index contributed by atoms with van der Waals surface area (Å²) in [5.74, 6) is -2.00. The molecule has 2 aliphatic rings. The van der Waals surface area contributed by atoms with Gasteiger partial charge in [0.25, 0.3) is 5.91 Å². The lowest BCUT2D eigenvalue weighted by Gasteiger charge is -2.37. The van der Waals surface area contributed by atoms with Gasteiger partial charge in [-0.1, -0.05) is 0 Å². The number of likely N-dealkylation sites (tertiary alicyclic amines) is 1. The molecule has 25 heavy (non-hydrogen) atoms. The van der Waals surface area contributed by atoms with Crippen molar-refractivity contribution in [1.29, 1.82) is 0 Å². The van der Waals surface area contributed by atoms with Crippen LogP contribution in [0.15, 0.2) is 18.2 Å². The lowest BCUT2D eigenvalue weighted by Crippen LogP contribution is -2.54. The zero-order chi connectivity index (χ0) is 18.1. The highest BCUT2D eigenvalue weighted by Gasteiger charge is 2.44. The van der Waals surface area contributed by atoms with Gasteiger partial charge >= 0.3 is 6.03 Å². The Labute approximate surface area is 144 Å². The maximum absolute atomic E-state index is 13.5. The average Bonchev–Trinajstić information content (AvgIpc) is 2.88. The number of amides is 3. The minimum Gasteiger partial charge on any atom is -0.481 e. The maximum Gasteiger partial charge on any atom is 0.318 e. The molecule has 1 aromatic carbocycles. The van der Waals surface area contributed by atoms with E-state index in [1.54, 1.807) is 4.90 Å². The summed E-state index contributed by atoms with van der Waals surface area (Å²) < 4.78 is 31.6. The third-order valence-corrected chi connectivity index (χ3v) is 4.63. The van der Waals surface area contributed by atoms with Crippen LogP contribution in [0, 0.1) is 11.6 Å². The van der Waals surface area contributed by atoms with Gasteiger partial charge in [-0.05, 0) is 32.4 Å². The summed E-state index contributed by atoms with van der Waals surface area (Å²) in [6, 6.07) is 2.89. The van der Waals surface area contributed by atoms with E-state index in [0.717, 1.165) is 12.1 Å². The summed E-state index contributed by atoms with van der Waals surface area (Å²) in [6.07, 6.45) is 0.679. The maximum atomic E-state index is 13.5. The Morgan fingerprint density at radius 2 is 2.16 bits per heavy atom. The molecule has 0 bridgehead atoms. The molecule has 0 radical (unpaired) electrons. The van der Waals surface area contributed by atoms with Gasteiger partial charge in [-0.2, -0.15) is 0 Å². The number of nitrogens with one attached hydrogen (secondary N) is 1. The van der Waals surface area contributed by atoms with Crippen LogP contribution in [0.4, 0.5) is 13.6 Å². The van der Waals surface area contributed by atoms with Crippen LogP contribution in [-0.2, 0) is 4.79 Å². The van der Waals surface area contributed by atoms with Gasteiger partial charge in [0.2, 0.25) is 0 Å². The Morgan fingerprint density at radius 3 is 2.84 bits per heavy atom. The van der Waals surface area contributed by atoms with Crippen molar-refractivity contribution >= 4 is 11.9 Å². The number of benzene rings is 1. The minimum absolute atomic E-state index is 0.0759. The first-order chi connectivity index (χ1) is 11.9. The highest BCUT2D eigenvalue weighted by Crippen LogP contribution is 2.25. The predicted molar refractivity (Wildman–Crippen MR) is 86.1 cm³/mol. The van der Waals surface area contributed by atoms with Crippen molar-refractivity contribution in [1.82, 2.24) is 15.1 Å². The average molecular weight is 353 g/mol. The first-order valence-electron chi connectivity index (χ1n) is 8.31. The number of carbonyl (C=O) groups excluding carboxylic acids is 2. The molecule has 1 aromatic rings. The number of urea groups is 1. The monoisotopic (exact) mass is 353 g/mol. The second-order valence-corrected chi connectivity index (χ2v) is 6.62. The second-order valence-electron chi connectivity index (χ2n) is 6.62. The van der Waals surface area contributed by atoms with E-state index in [-0.39, 0.29) is 42.4 Å². The van der Waals surface area contributed by atoms with E-state index in [4.69, 9.17) is 4.74 Å².